The van der Waals surface area contributed by atoms with Crippen molar-refractivity contribution in [2.75, 3.05) is 37.0 Å². The van der Waals surface area contributed by atoms with Gasteiger partial charge in [0.25, 0.3) is 5.91 Å². The number of benzene rings is 2. The number of nitrogens with zero attached hydrogens (tertiary/aromatic N) is 3. The number of piperazine rings is 1. The van der Waals surface area contributed by atoms with Gasteiger partial charge in [0.15, 0.2) is 5.13 Å². The second-order valence-electron chi connectivity index (χ2n) is 9.12. The van der Waals surface area contributed by atoms with E-state index in [1.165, 1.54) is 11.3 Å². The number of aromatic nitrogens is 1. The Morgan fingerprint density at radius 1 is 1.09 bits per heavy atom. The van der Waals surface area contributed by atoms with Crippen molar-refractivity contribution in [3.05, 3.63) is 70.7 Å². The summed E-state index contributed by atoms with van der Waals surface area (Å²) in [6.07, 6.45) is 2.66. The number of aryl methyl sites for hydroxylation is 1. The molecule has 0 bridgehead atoms. The molecule has 2 aromatic carbocycles. The molecule has 1 aliphatic heterocycles. The zero-order valence-corrected chi connectivity index (χ0v) is 20.9. The van der Waals surface area contributed by atoms with Crippen LogP contribution in [0.5, 0.6) is 5.75 Å². The zero-order chi connectivity index (χ0) is 24.4. The summed E-state index contributed by atoms with van der Waals surface area (Å²) in [5.74, 6) is 0.574. The second-order valence-corrected chi connectivity index (χ2v) is 10.2. The molecule has 2 amide bonds. The molecule has 0 spiro atoms. The van der Waals surface area contributed by atoms with Crippen molar-refractivity contribution in [2.45, 2.75) is 38.1 Å². The van der Waals surface area contributed by atoms with Crippen molar-refractivity contribution >= 4 is 34.0 Å². The first-order valence-electron chi connectivity index (χ1n) is 12.1. The lowest BCUT2D eigenvalue weighted by molar-refractivity contribution is -0.134. The molecule has 35 heavy (non-hydrogen) atoms. The third kappa shape index (κ3) is 4.89. The Labute approximate surface area is 209 Å². The number of carbonyl (C=O) groups is 2. The van der Waals surface area contributed by atoms with Crippen LogP contribution in [-0.4, -0.2) is 54.5 Å². The molecule has 2 atom stereocenters. The van der Waals surface area contributed by atoms with Gasteiger partial charge < -0.3 is 14.5 Å². The number of thiazole rings is 1. The van der Waals surface area contributed by atoms with Gasteiger partial charge in [0.1, 0.15) is 5.75 Å². The number of rotatable bonds is 5. The fourth-order valence-electron chi connectivity index (χ4n) is 5.01. The van der Waals surface area contributed by atoms with Crippen LogP contribution >= 0.6 is 11.3 Å². The van der Waals surface area contributed by atoms with Gasteiger partial charge in [-0.05, 0) is 62.6 Å². The summed E-state index contributed by atoms with van der Waals surface area (Å²) in [5, 5.41) is 3.49. The first-order chi connectivity index (χ1) is 17.0. The van der Waals surface area contributed by atoms with Crippen LogP contribution in [-0.2, 0) is 11.2 Å². The number of fused-ring (bicyclic) bond motifs is 1. The van der Waals surface area contributed by atoms with E-state index >= 15 is 0 Å². The Morgan fingerprint density at radius 2 is 1.86 bits per heavy atom. The summed E-state index contributed by atoms with van der Waals surface area (Å²) >= 11 is 1.50. The monoisotopic (exact) mass is 490 g/mol. The van der Waals surface area contributed by atoms with Crippen LogP contribution in [0.25, 0.3) is 0 Å². The molecule has 1 N–H and O–H groups in total. The lowest BCUT2D eigenvalue weighted by Gasteiger charge is -2.42. The zero-order valence-electron chi connectivity index (χ0n) is 20.1. The highest BCUT2D eigenvalue weighted by molar-refractivity contribution is 7.16. The van der Waals surface area contributed by atoms with Gasteiger partial charge in [-0.25, -0.2) is 4.98 Å². The van der Waals surface area contributed by atoms with E-state index in [1.807, 2.05) is 35.2 Å². The Hall–Kier alpha value is -3.39. The average molecular weight is 491 g/mol. The Balaban J connectivity index is 1.26. The van der Waals surface area contributed by atoms with Gasteiger partial charge in [0, 0.05) is 41.8 Å². The molecule has 1 saturated heterocycles. The number of hydrogen-bond acceptors (Lipinski definition) is 6. The number of anilines is 2. The van der Waals surface area contributed by atoms with Gasteiger partial charge in [-0.15, -0.1) is 11.3 Å². The van der Waals surface area contributed by atoms with E-state index in [1.54, 1.807) is 19.2 Å². The van der Waals surface area contributed by atoms with E-state index in [0.29, 0.717) is 23.8 Å². The number of hydrogen-bond donors (Lipinski definition) is 1. The fourth-order valence-corrected chi connectivity index (χ4v) is 6.07. The van der Waals surface area contributed by atoms with Crippen LogP contribution in [0.4, 0.5) is 10.8 Å². The number of methoxy groups -OCH3 is 1. The lowest BCUT2D eigenvalue weighted by atomic mass is 9.89. The predicted octanol–water partition coefficient (Wildman–Crippen LogP) is 4.56. The smallest absolute Gasteiger partial charge is 0.257 e. The Kier molecular flexibility index (Phi) is 6.72. The number of carbonyl (C=O) groups excluding carboxylic acids is 2. The Morgan fingerprint density at radius 3 is 2.57 bits per heavy atom. The van der Waals surface area contributed by atoms with E-state index in [-0.39, 0.29) is 23.8 Å². The standard InChI is InChI=1S/C27H30N4O3S/c1-18-17-30(15-16-31(18)20-11-13-21(34-2)14-12-20)26(33)22-9-6-10-23-24(22)28-27(35-23)29-25(32)19-7-4-3-5-8-19/h3-5,7-8,11-14,18,22H,6,9-10,15-17H2,1-2H3,(H,28,29,32). The molecule has 7 nitrogen and oxygen atoms in total. The van der Waals surface area contributed by atoms with Crippen molar-refractivity contribution in [2.24, 2.45) is 0 Å². The maximum atomic E-state index is 13.6. The number of amides is 2. The number of nitrogens with one attached hydrogen (secondary N) is 1. The molecular formula is C27H30N4O3S. The predicted molar refractivity (Wildman–Crippen MR) is 139 cm³/mol. The topological polar surface area (TPSA) is 74.8 Å². The quantitative estimate of drug-likeness (QED) is 0.568. The molecule has 0 radical (unpaired) electrons. The highest BCUT2D eigenvalue weighted by Gasteiger charge is 2.36. The normalized spacial score (nSPS) is 19.7. The molecule has 3 aromatic rings. The highest BCUT2D eigenvalue weighted by atomic mass is 32.1. The SMILES string of the molecule is COc1ccc(N2CCN(C(=O)C3CCCc4sc(NC(=O)c5ccccc5)nc43)CC2C)cc1. The van der Waals surface area contributed by atoms with Crippen molar-refractivity contribution in [1.29, 1.82) is 0 Å². The molecular weight excluding hydrogens is 460 g/mol. The molecule has 5 rings (SSSR count). The minimum Gasteiger partial charge on any atom is -0.497 e. The minimum absolute atomic E-state index is 0.151. The summed E-state index contributed by atoms with van der Waals surface area (Å²) in [7, 11) is 1.67. The van der Waals surface area contributed by atoms with Crippen molar-refractivity contribution < 1.29 is 14.3 Å². The van der Waals surface area contributed by atoms with Crippen molar-refractivity contribution in [3.63, 3.8) is 0 Å². The third-order valence-corrected chi connectivity index (χ3v) is 7.90. The molecule has 0 saturated carbocycles. The van der Waals surface area contributed by atoms with Gasteiger partial charge in [-0.1, -0.05) is 18.2 Å². The van der Waals surface area contributed by atoms with Gasteiger partial charge in [-0.2, -0.15) is 0 Å². The largest absolute Gasteiger partial charge is 0.497 e. The number of ether oxygens (including phenoxy) is 1. The molecule has 2 heterocycles. The van der Waals surface area contributed by atoms with Gasteiger partial charge in [0.2, 0.25) is 5.91 Å². The van der Waals surface area contributed by atoms with E-state index in [0.717, 1.165) is 47.8 Å². The van der Waals surface area contributed by atoms with Gasteiger partial charge in [0.05, 0.1) is 18.7 Å². The average Bonchev–Trinajstić information content (AvgIpc) is 3.31. The maximum absolute atomic E-state index is 13.6. The fraction of sp³-hybridized carbons (Fsp3) is 0.370. The van der Waals surface area contributed by atoms with Crippen LogP contribution < -0.4 is 15.0 Å². The highest BCUT2D eigenvalue weighted by Crippen LogP contribution is 2.38. The van der Waals surface area contributed by atoms with E-state index < -0.39 is 0 Å². The van der Waals surface area contributed by atoms with Crippen LogP contribution in [0.15, 0.2) is 54.6 Å². The van der Waals surface area contributed by atoms with E-state index in [9.17, 15) is 9.59 Å². The molecule has 2 unspecified atom stereocenters. The van der Waals surface area contributed by atoms with Crippen LogP contribution in [0.2, 0.25) is 0 Å². The van der Waals surface area contributed by atoms with Crippen molar-refractivity contribution in [3.8, 4) is 5.75 Å². The summed E-state index contributed by atoms with van der Waals surface area (Å²) in [4.78, 5) is 36.4. The molecule has 1 aliphatic carbocycles. The molecule has 1 fully saturated rings. The van der Waals surface area contributed by atoms with Crippen LogP contribution in [0.3, 0.4) is 0 Å². The summed E-state index contributed by atoms with van der Waals surface area (Å²) in [6.45, 7) is 4.31. The summed E-state index contributed by atoms with van der Waals surface area (Å²) in [6, 6.07) is 17.4. The third-order valence-electron chi connectivity index (χ3n) is 6.85. The lowest BCUT2D eigenvalue weighted by Crippen LogP contribution is -2.54. The van der Waals surface area contributed by atoms with Gasteiger partial charge >= 0.3 is 0 Å². The van der Waals surface area contributed by atoms with E-state index in [4.69, 9.17) is 9.72 Å². The summed E-state index contributed by atoms with van der Waals surface area (Å²) < 4.78 is 5.27. The van der Waals surface area contributed by atoms with E-state index in [2.05, 4.69) is 29.3 Å². The molecule has 1 aromatic heterocycles. The molecule has 8 heteroatoms. The second kappa shape index (κ2) is 10.1. The van der Waals surface area contributed by atoms with Crippen LogP contribution in [0.1, 0.15) is 46.6 Å². The van der Waals surface area contributed by atoms with Gasteiger partial charge in [-0.3, -0.25) is 14.9 Å². The first kappa shape index (κ1) is 23.4. The molecule has 2 aliphatic rings. The Bertz CT molecular complexity index is 1190. The van der Waals surface area contributed by atoms with Crippen molar-refractivity contribution in [1.82, 2.24) is 9.88 Å². The first-order valence-corrected chi connectivity index (χ1v) is 12.9. The summed E-state index contributed by atoms with van der Waals surface area (Å²) in [5.41, 5.74) is 2.58. The van der Waals surface area contributed by atoms with Crippen LogP contribution in [0, 0.1) is 0 Å². The maximum Gasteiger partial charge on any atom is 0.257 e. The molecule has 182 valence electrons. The minimum atomic E-state index is -0.239.